The predicted molar refractivity (Wildman–Crippen MR) is 54.8 cm³/mol. The van der Waals surface area contributed by atoms with Crippen molar-refractivity contribution in [2.45, 2.75) is 32.7 Å². The summed E-state index contributed by atoms with van der Waals surface area (Å²) in [5.74, 6) is 0.829. The molecule has 0 aromatic carbocycles. The van der Waals surface area contributed by atoms with Crippen LogP contribution in [0.3, 0.4) is 0 Å². The van der Waals surface area contributed by atoms with E-state index in [0.29, 0.717) is 11.7 Å². The smallest absolute Gasteiger partial charge is 0.132 e. The van der Waals surface area contributed by atoms with E-state index < -0.39 is 0 Å². The Labute approximate surface area is 83.9 Å². The van der Waals surface area contributed by atoms with Gasteiger partial charge >= 0.3 is 0 Å². The largest absolute Gasteiger partial charge is 0.324 e. The molecule has 1 aromatic rings. The molecule has 3 nitrogen and oxygen atoms in total. The van der Waals surface area contributed by atoms with Crippen molar-refractivity contribution in [2.75, 3.05) is 0 Å². The first kappa shape index (κ1) is 10.5. The van der Waals surface area contributed by atoms with E-state index in [2.05, 4.69) is 25.8 Å². The molecule has 0 bridgehead atoms. The SMILES string of the molecule is Cn1c(CN)nc(C(C)(C)C)c1Cl. The van der Waals surface area contributed by atoms with Gasteiger partial charge in [0.15, 0.2) is 0 Å². The summed E-state index contributed by atoms with van der Waals surface area (Å²) in [7, 11) is 1.88. The summed E-state index contributed by atoms with van der Waals surface area (Å²) in [6, 6.07) is 0. The molecular formula is C9H16ClN3. The van der Waals surface area contributed by atoms with Crippen LogP contribution in [0.1, 0.15) is 32.3 Å². The van der Waals surface area contributed by atoms with Crippen molar-refractivity contribution in [3.8, 4) is 0 Å². The molecular weight excluding hydrogens is 186 g/mol. The molecule has 2 N–H and O–H groups in total. The van der Waals surface area contributed by atoms with Crippen LogP contribution in [0, 0.1) is 0 Å². The molecule has 13 heavy (non-hydrogen) atoms. The van der Waals surface area contributed by atoms with Gasteiger partial charge in [-0.2, -0.15) is 0 Å². The van der Waals surface area contributed by atoms with Crippen LogP contribution in [-0.4, -0.2) is 9.55 Å². The molecule has 0 saturated heterocycles. The molecule has 0 saturated carbocycles. The highest BCUT2D eigenvalue weighted by atomic mass is 35.5. The van der Waals surface area contributed by atoms with E-state index in [4.69, 9.17) is 17.3 Å². The van der Waals surface area contributed by atoms with Gasteiger partial charge in [0.2, 0.25) is 0 Å². The first-order valence-corrected chi connectivity index (χ1v) is 4.67. The maximum Gasteiger partial charge on any atom is 0.132 e. The fourth-order valence-electron chi connectivity index (χ4n) is 1.18. The van der Waals surface area contributed by atoms with Crippen LogP contribution in [-0.2, 0) is 19.0 Å². The van der Waals surface area contributed by atoms with Crippen molar-refractivity contribution in [3.63, 3.8) is 0 Å². The molecule has 74 valence electrons. The van der Waals surface area contributed by atoms with Crippen molar-refractivity contribution in [1.29, 1.82) is 0 Å². The third-order valence-electron chi connectivity index (χ3n) is 2.01. The van der Waals surface area contributed by atoms with E-state index in [1.54, 1.807) is 0 Å². The second-order valence-corrected chi connectivity index (χ2v) is 4.54. The van der Waals surface area contributed by atoms with Crippen molar-refractivity contribution in [3.05, 3.63) is 16.7 Å². The average molecular weight is 202 g/mol. The average Bonchev–Trinajstić information content (AvgIpc) is 2.28. The van der Waals surface area contributed by atoms with Crippen molar-refractivity contribution in [2.24, 2.45) is 12.8 Å². The highest BCUT2D eigenvalue weighted by Crippen LogP contribution is 2.28. The maximum absolute atomic E-state index is 6.12. The first-order valence-electron chi connectivity index (χ1n) is 4.29. The normalized spacial score (nSPS) is 12.2. The van der Waals surface area contributed by atoms with Gasteiger partial charge in [-0.15, -0.1) is 0 Å². The van der Waals surface area contributed by atoms with Crippen LogP contribution in [0.4, 0.5) is 0 Å². The van der Waals surface area contributed by atoms with Gasteiger partial charge in [0, 0.05) is 12.5 Å². The Kier molecular flexibility index (Phi) is 2.68. The number of nitrogens with two attached hydrogens (primary N) is 1. The van der Waals surface area contributed by atoms with Crippen molar-refractivity contribution in [1.82, 2.24) is 9.55 Å². The fourth-order valence-corrected chi connectivity index (χ4v) is 1.61. The molecule has 1 aromatic heterocycles. The monoisotopic (exact) mass is 201 g/mol. The second-order valence-electron chi connectivity index (χ2n) is 4.18. The highest BCUT2D eigenvalue weighted by Gasteiger charge is 2.23. The highest BCUT2D eigenvalue weighted by molar-refractivity contribution is 6.30. The second kappa shape index (κ2) is 3.31. The molecule has 0 spiro atoms. The zero-order valence-electron chi connectivity index (χ0n) is 8.56. The van der Waals surface area contributed by atoms with Crippen LogP contribution < -0.4 is 5.73 Å². The maximum atomic E-state index is 6.12. The van der Waals surface area contributed by atoms with Gasteiger partial charge < -0.3 is 10.3 Å². The van der Waals surface area contributed by atoms with Gasteiger partial charge in [-0.1, -0.05) is 32.4 Å². The van der Waals surface area contributed by atoms with Crippen LogP contribution in [0.5, 0.6) is 0 Å². The Morgan fingerprint density at radius 3 is 2.23 bits per heavy atom. The van der Waals surface area contributed by atoms with E-state index in [1.165, 1.54) is 0 Å². The number of hydrogen-bond donors (Lipinski definition) is 1. The summed E-state index contributed by atoms with van der Waals surface area (Å²) >= 11 is 6.12. The topological polar surface area (TPSA) is 43.8 Å². The summed E-state index contributed by atoms with van der Waals surface area (Å²) < 4.78 is 1.84. The molecule has 0 fully saturated rings. The molecule has 0 aliphatic rings. The van der Waals surface area contributed by atoms with E-state index in [1.807, 2.05) is 11.6 Å². The molecule has 0 aliphatic carbocycles. The number of nitrogens with zero attached hydrogens (tertiary/aromatic N) is 2. The Morgan fingerprint density at radius 1 is 1.46 bits per heavy atom. The van der Waals surface area contributed by atoms with Crippen LogP contribution in [0.2, 0.25) is 5.15 Å². The number of aromatic nitrogens is 2. The van der Waals surface area contributed by atoms with E-state index in [9.17, 15) is 0 Å². The third kappa shape index (κ3) is 1.86. The molecule has 0 aliphatic heterocycles. The van der Waals surface area contributed by atoms with Crippen LogP contribution >= 0.6 is 11.6 Å². The van der Waals surface area contributed by atoms with Gasteiger partial charge in [0.1, 0.15) is 11.0 Å². The minimum absolute atomic E-state index is 0.0255. The molecule has 1 heterocycles. The Bertz CT molecular complexity index is 309. The van der Waals surface area contributed by atoms with Gasteiger partial charge in [0.25, 0.3) is 0 Å². The van der Waals surface area contributed by atoms with Gasteiger partial charge in [-0.3, -0.25) is 0 Å². The van der Waals surface area contributed by atoms with E-state index in [-0.39, 0.29) is 5.41 Å². The summed E-state index contributed by atoms with van der Waals surface area (Å²) in [5, 5.41) is 0.688. The van der Waals surface area contributed by atoms with E-state index >= 15 is 0 Å². The standard InChI is InChI=1S/C9H16ClN3/c1-9(2,3)7-8(10)13(4)6(5-11)12-7/h5,11H2,1-4H3. The fraction of sp³-hybridized carbons (Fsp3) is 0.667. The number of rotatable bonds is 1. The predicted octanol–water partition coefficient (Wildman–Crippen LogP) is 1.83. The molecule has 1 rings (SSSR count). The van der Waals surface area contributed by atoms with Crippen LogP contribution in [0.15, 0.2) is 0 Å². The van der Waals surface area contributed by atoms with E-state index in [0.717, 1.165) is 11.5 Å². The lowest BCUT2D eigenvalue weighted by Gasteiger charge is -2.15. The Balaban J connectivity index is 3.25. The quantitative estimate of drug-likeness (QED) is 0.754. The molecule has 0 atom stereocenters. The molecule has 0 amide bonds. The summed E-state index contributed by atoms with van der Waals surface area (Å²) in [6.45, 7) is 6.68. The van der Waals surface area contributed by atoms with Crippen molar-refractivity contribution >= 4 is 11.6 Å². The summed E-state index contributed by atoms with van der Waals surface area (Å²) in [6.07, 6.45) is 0. The number of imidazole rings is 1. The molecule has 4 heteroatoms. The Hall–Kier alpha value is -0.540. The molecule has 0 unspecified atom stereocenters. The minimum Gasteiger partial charge on any atom is -0.324 e. The van der Waals surface area contributed by atoms with Crippen LogP contribution in [0.25, 0.3) is 0 Å². The first-order chi connectivity index (χ1) is 5.88. The lowest BCUT2D eigenvalue weighted by Crippen LogP contribution is -2.12. The zero-order valence-corrected chi connectivity index (χ0v) is 9.31. The minimum atomic E-state index is -0.0255. The van der Waals surface area contributed by atoms with Gasteiger partial charge in [0.05, 0.1) is 12.2 Å². The van der Waals surface area contributed by atoms with Crippen molar-refractivity contribution < 1.29 is 0 Å². The zero-order chi connectivity index (χ0) is 10.2. The van der Waals surface area contributed by atoms with Gasteiger partial charge in [-0.05, 0) is 0 Å². The Morgan fingerprint density at radius 2 is 2.00 bits per heavy atom. The number of halogens is 1. The lowest BCUT2D eigenvalue weighted by atomic mass is 9.93. The van der Waals surface area contributed by atoms with Gasteiger partial charge in [-0.25, -0.2) is 4.98 Å². The summed E-state index contributed by atoms with van der Waals surface area (Å²) in [4.78, 5) is 4.41. The molecule has 0 radical (unpaired) electrons. The number of hydrogen-bond acceptors (Lipinski definition) is 2. The lowest BCUT2D eigenvalue weighted by molar-refractivity contribution is 0.570. The summed E-state index contributed by atoms with van der Waals surface area (Å²) in [5.41, 5.74) is 6.42. The third-order valence-corrected chi connectivity index (χ3v) is 2.44.